The average molecular weight is 214 g/mol. The van der Waals surface area contributed by atoms with E-state index in [9.17, 15) is 4.79 Å². The predicted octanol–water partition coefficient (Wildman–Crippen LogP) is 0.648. The molecule has 0 unspecified atom stereocenters. The third-order valence-electron chi connectivity index (χ3n) is 1.53. The zero-order valence-corrected chi connectivity index (χ0v) is 9.16. The summed E-state index contributed by atoms with van der Waals surface area (Å²) in [4.78, 5) is 10.5. The molecule has 0 saturated carbocycles. The number of carbonyl (C=O) groups is 1. The number of ether oxygens (including phenoxy) is 3. The van der Waals surface area contributed by atoms with Crippen LogP contribution < -0.4 is 0 Å². The molecule has 15 heavy (non-hydrogen) atoms. The lowest BCUT2D eigenvalue weighted by Crippen LogP contribution is -2.10. The van der Waals surface area contributed by atoms with Gasteiger partial charge < -0.3 is 14.2 Å². The number of hydrogen-bond donors (Lipinski definition) is 0. The van der Waals surface area contributed by atoms with E-state index >= 15 is 0 Å². The smallest absolute Gasteiger partial charge is 0.132 e. The van der Waals surface area contributed by atoms with Gasteiger partial charge in [0, 0.05) is 6.42 Å². The van der Waals surface area contributed by atoms with E-state index in [1.807, 2.05) is 0 Å². The number of ketones is 1. The molecule has 0 saturated heterocycles. The van der Waals surface area contributed by atoms with Gasteiger partial charge in [-0.2, -0.15) is 0 Å². The predicted molar refractivity (Wildman–Crippen MR) is 56.6 cm³/mol. The first kappa shape index (κ1) is 14.1. The molecule has 0 aliphatic carbocycles. The summed E-state index contributed by atoms with van der Waals surface area (Å²) in [6, 6.07) is 0. The fraction of sp³-hybridized carbons (Fsp3) is 0.727. The maximum atomic E-state index is 10.5. The Bertz CT molecular complexity index is 195. The first-order chi connectivity index (χ1) is 7.27. The summed E-state index contributed by atoms with van der Waals surface area (Å²) in [6.07, 6.45) is 5.45. The van der Waals surface area contributed by atoms with Gasteiger partial charge in [-0.3, -0.25) is 4.79 Å². The van der Waals surface area contributed by atoms with Crippen molar-refractivity contribution in [1.29, 1.82) is 0 Å². The van der Waals surface area contributed by atoms with Crippen LogP contribution in [0.15, 0.2) is 0 Å². The summed E-state index contributed by atoms with van der Waals surface area (Å²) >= 11 is 0. The molecule has 0 aliphatic heterocycles. The van der Waals surface area contributed by atoms with Crippen molar-refractivity contribution >= 4 is 5.78 Å². The largest absolute Gasteiger partial charge is 0.379 e. The molecule has 0 N–H and O–H groups in total. The number of Topliss-reactive ketones (excluding diaryl/α,β-unsaturated/α-hetero) is 1. The zero-order valence-electron chi connectivity index (χ0n) is 9.16. The molecule has 4 heteroatoms. The molecule has 0 aliphatic rings. The lowest BCUT2D eigenvalue weighted by atomic mass is 10.3. The number of carbonyl (C=O) groups excluding carboxylic acids is 1. The minimum atomic E-state index is 0.138. The van der Waals surface area contributed by atoms with Crippen molar-refractivity contribution in [2.24, 2.45) is 0 Å². The molecule has 0 atom stereocenters. The van der Waals surface area contributed by atoms with Gasteiger partial charge in [0.05, 0.1) is 33.0 Å². The molecule has 4 nitrogen and oxygen atoms in total. The minimum Gasteiger partial charge on any atom is -0.379 e. The monoisotopic (exact) mass is 214 g/mol. The quantitative estimate of drug-likeness (QED) is 0.395. The molecular formula is C11H18O4. The van der Waals surface area contributed by atoms with E-state index in [0.717, 1.165) is 0 Å². The highest BCUT2D eigenvalue weighted by molar-refractivity contribution is 5.75. The number of rotatable bonds is 10. The summed E-state index contributed by atoms with van der Waals surface area (Å²) in [5, 5.41) is 0. The maximum absolute atomic E-state index is 10.5. The van der Waals surface area contributed by atoms with E-state index in [-0.39, 0.29) is 5.78 Å². The second-order valence-corrected chi connectivity index (χ2v) is 2.93. The molecule has 0 rings (SSSR count). The van der Waals surface area contributed by atoms with Crippen LogP contribution in [-0.2, 0) is 19.0 Å². The second kappa shape index (κ2) is 11.2. The molecule has 0 radical (unpaired) electrons. The van der Waals surface area contributed by atoms with Gasteiger partial charge in [0.1, 0.15) is 12.4 Å². The van der Waals surface area contributed by atoms with Gasteiger partial charge in [0.15, 0.2) is 0 Å². The fourth-order valence-corrected chi connectivity index (χ4v) is 0.787. The van der Waals surface area contributed by atoms with Crippen LogP contribution >= 0.6 is 0 Å². The van der Waals surface area contributed by atoms with E-state index in [1.54, 1.807) is 6.92 Å². The van der Waals surface area contributed by atoms with Crippen LogP contribution in [-0.4, -0.2) is 45.4 Å². The highest BCUT2D eigenvalue weighted by atomic mass is 16.5. The summed E-state index contributed by atoms with van der Waals surface area (Å²) in [5.41, 5.74) is 0. The van der Waals surface area contributed by atoms with E-state index in [4.69, 9.17) is 20.6 Å². The van der Waals surface area contributed by atoms with Crippen molar-refractivity contribution in [3.8, 4) is 12.3 Å². The van der Waals surface area contributed by atoms with Gasteiger partial charge in [0.25, 0.3) is 0 Å². The molecular weight excluding hydrogens is 196 g/mol. The number of terminal acetylenes is 1. The third-order valence-corrected chi connectivity index (χ3v) is 1.53. The van der Waals surface area contributed by atoms with Crippen LogP contribution in [0.1, 0.15) is 13.3 Å². The van der Waals surface area contributed by atoms with Crippen molar-refractivity contribution in [3.05, 3.63) is 0 Å². The Labute approximate surface area is 90.9 Å². The van der Waals surface area contributed by atoms with E-state index in [2.05, 4.69) is 5.92 Å². The third kappa shape index (κ3) is 13.1. The van der Waals surface area contributed by atoms with Gasteiger partial charge >= 0.3 is 0 Å². The highest BCUT2D eigenvalue weighted by Gasteiger charge is 1.93. The zero-order chi connectivity index (χ0) is 11.4. The molecule has 0 aromatic carbocycles. The SMILES string of the molecule is C#CCOCCOCCOCCC(C)=O. The van der Waals surface area contributed by atoms with Crippen molar-refractivity contribution in [1.82, 2.24) is 0 Å². The highest BCUT2D eigenvalue weighted by Crippen LogP contribution is 1.85. The van der Waals surface area contributed by atoms with Crippen LogP contribution in [0.3, 0.4) is 0 Å². The van der Waals surface area contributed by atoms with Crippen LogP contribution in [0.2, 0.25) is 0 Å². The average Bonchev–Trinajstić information content (AvgIpc) is 2.20. The number of hydrogen-bond acceptors (Lipinski definition) is 4. The summed E-state index contributed by atoms with van der Waals surface area (Å²) < 4.78 is 15.3. The Morgan fingerprint density at radius 1 is 1.07 bits per heavy atom. The van der Waals surface area contributed by atoms with E-state index in [1.165, 1.54) is 0 Å². The maximum Gasteiger partial charge on any atom is 0.132 e. The lowest BCUT2D eigenvalue weighted by molar-refractivity contribution is -0.118. The first-order valence-corrected chi connectivity index (χ1v) is 4.93. The second-order valence-electron chi connectivity index (χ2n) is 2.93. The van der Waals surface area contributed by atoms with Gasteiger partial charge in [-0.25, -0.2) is 0 Å². The van der Waals surface area contributed by atoms with E-state index in [0.29, 0.717) is 46.1 Å². The van der Waals surface area contributed by atoms with E-state index < -0.39 is 0 Å². The Balaban J connectivity index is 2.93. The molecule has 0 bridgehead atoms. The van der Waals surface area contributed by atoms with Crippen molar-refractivity contribution in [2.75, 3.05) is 39.6 Å². The molecule has 0 aromatic heterocycles. The summed E-state index contributed by atoms with van der Waals surface area (Å²) in [5.74, 6) is 2.50. The van der Waals surface area contributed by atoms with Crippen LogP contribution in [0, 0.1) is 12.3 Å². The van der Waals surface area contributed by atoms with Crippen LogP contribution in [0.4, 0.5) is 0 Å². The molecule has 0 heterocycles. The van der Waals surface area contributed by atoms with Gasteiger partial charge in [-0.1, -0.05) is 5.92 Å². The molecule has 0 fully saturated rings. The van der Waals surface area contributed by atoms with Crippen molar-refractivity contribution in [2.45, 2.75) is 13.3 Å². The topological polar surface area (TPSA) is 44.8 Å². The summed E-state index contributed by atoms with van der Waals surface area (Å²) in [6.45, 7) is 4.35. The lowest BCUT2D eigenvalue weighted by Gasteiger charge is -2.04. The Morgan fingerprint density at radius 2 is 1.60 bits per heavy atom. The van der Waals surface area contributed by atoms with Crippen molar-refractivity contribution in [3.63, 3.8) is 0 Å². The van der Waals surface area contributed by atoms with Gasteiger partial charge in [-0.15, -0.1) is 6.42 Å². The molecule has 0 aromatic rings. The molecule has 0 spiro atoms. The minimum absolute atomic E-state index is 0.138. The molecule has 0 amide bonds. The Kier molecular flexibility index (Phi) is 10.5. The standard InChI is InChI=1S/C11H18O4/c1-3-5-13-7-9-15-10-8-14-6-4-11(2)12/h1H,4-10H2,2H3. The van der Waals surface area contributed by atoms with Crippen molar-refractivity contribution < 1.29 is 19.0 Å². The summed E-state index contributed by atoms with van der Waals surface area (Å²) in [7, 11) is 0. The Hall–Kier alpha value is -0.890. The van der Waals surface area contributed by atoms with Gasteiger partial charge in [0.2, 0.25) is 0 Å². The first-order valence-electron chi connectivity index (χ1n) is 4.93. The Morgan fingerprint density at radius 3 is 2.13 bits per heavy atom. The molecule has 86 valence electrons. The van der Waals surface area contributed by atoms with Gasteiger partial charge in [-0.05, 0) is 6.92 Å². The normalized spacial score (nSPS) is 9.87. The fourth-order valence-electron chi connectivity index (χ4n) is 0.787. The van der Waals surface area contributed by atoms with Crippen LogP contribution in [0.25, 0.3) is 0 Å². The van der Waals surface area contributed by atoms with Crippen LogP contribution in [0.5, 0.6) is 0 Å².